The Hall–Kier alpha value is -1.43. The average Bonchev–Trinajstić information content (AvgIpc) is 2.98. The molecule has 0 spiro atoms. The molecule has 1 atom stereocenters. The minimum Gasteiger partial charge on any atom is -0.282 e. The van der Waals surface area contributed by atoms with Gasteiger partial charge in [-0.15, -0.1) is 11.8 Å². The second-order valence-electron chi connectivity index (χ2n) is 5.32. The summed E-state index contributed by atoms with van der Waals surface area (Å²) in [4.78, 5) is 18.6. The first-order valence-corrected chi connectivity index (χ1v) is 9.60. The molecule has 0 bridgehead atoms. The number of hydrogen-bond donors (Lipinski definition) is 0. The van der Waals surface area contributed by atoms with Gasteiger partial charge in [0.25, 0.3) is 5.56 Å². The van der Waals surface area contributed by atoms with Crippen LogP contribution in [0.2, 0.25) is 5.02 Å². The molecule has 3 nitrogen and oxygen atoms in total. The zero-order valence-corrected chi connectivity index (χ0v) is 14.5. The van der Waals surface area contributed by atoms with Gasteiger partial charge in [0, 0.05) is 21.4 Å². The molecule has 0 N–H and O–H groups in total. The molecule has 6 heteroatoms. The van der Waals surface area contributed by atoms with E-state index in [1.807, 2.05) is 53.1 Å². The third-order valence-corrected chi connectivity index (χ3v) is 6.31. The molecule has 0 amide bonds. The average molecular weight is 361 g/mol. The lowest BCUT2D eigenvalue weighted by atomic mass is 10.2. The van der Waals surface area contributed by atoms with Crippen LogP contribution in [0.5, 0.6) is 0 Å². The minimum absolute atomic E-state index is 0.0670. The van der Waals surface area contributed by atoms with Gasteiger partial charge < -0.3 is 0 Å². The highest BCUT2D eigenvalue weighted by Crippen LogP contribution is 2.34. The lowest BCUT2D eigenvalue weighted by Gasteiger charge is -2.13. The highest BCUT2D eigenvalue weighted by atomic mass is 35.5. The number of halogens is 1. The van der Waals surface area contributed by atoms with Crippen molar-refractivity contribution in [1.82, 2.24) is 9.55 Å². The monoisotopic (exact) mass is 360 g/mol. The molecule has 1 unspecified atom stereocenters. The highest BCUT2D eigenvalue weighted by molar-refractivity contribution is 8.00. The minimum atomic E-state index is 0.0670. The van der Waals surface area contributed by atoms with Crippen LogP contribution in [0.15, 0.2) is 63.4 Å². The summed E-state index contributed by atoms with van der Waals surface area (Å²) in [6, 6.07) is 15.5. The van der Waals surface area contributed by atoms with Gasteiger partial charge in [-0.2, -0.15) is 0 Å². The standard InChI is InChI=1S/C17H13ClN2OS2/c18-11-5-7-13(8-6-11)22-9-12-10-23-17-19-15-4-2-1-3-14(15)16(21)20(12)17/h1-8,12H,9-10H2. The maximum absolute atomic E-state index is 12.8. The van der Waals surface area contributed by atoms with Crippen molar-refractivity contribution in [2.45, 2.75) is 16.1 Å². The molecule has 0 radical (unpaired) electrons. The van der Waals surface area contributed by atoms with Gasteiger partial charge in [0.1, 0.15) is 0 Å². The third kappa shape index (κ3) is 2.89. The zero-order valence-electron chi connectivity index (χ0n) is 12.1. The van der Waals surface area contributed by atoms with Gasteiger partial charge in [0.05, 0.1) is 16.9 Å². The molecular weight excluding hydrogens is 348 g/mol. The molecule has 116 valence electrons. The molecule has 4 rings (SSSR count). The fourth-order valence-corrected chi connectivity index (χ4v) is 5.04. The summed E-state index contributed by atoms with van der Waals surface area (Å²) >= 11 is 9.32. The number of hydrogen-bond acceptors (Lipinski definition) is 4. The number of para-hydroxylation sites is 1. The first-order valence-electron chi connectivity index (χ1n) is 7.25. The molecule has 1 aliphatic heterocycles. The zero-order chi connectivity index (χ0) is 15.8. The van der Waals surface area contributed by atoms with Crippen LogP contribution in [0, 0.1) is 0 Å². The SMILES string of the molecule is O=c1c2ccccc2nc2n1C(CSc1ccc(Cl)cc1)CS2. The fraction of sp³-hybridized carbons (Fsp3) is 0.176. The van der Waals surface area contributed by atoms with Crippen molar-refractivity contribution in [2.24, 2.45) is 0 Å². The van der Waals surface area contributed by atoms with Crippen molar-refractivity contribution in [3.63, 3.8) is 0 Å². The van der Waals surface area contributed by atoms with E-state index in [4.69, 9.17) is 11.6 Å². The molecular formula is C17H13ClN2OS2. The van der Waals surface area contributed by atoms with Crippen molar-refractivity contribution >= 4 is 46.0 Å². The van der Waals surface area contributed by atoms with Gasteiger partial charge in [-0.1, -0.05) is 35.5 Å². The summed E-state index contributed by atoms with van der Waals surface area (Å²) in [5.41, 5.74) is 0.847. The first kappa shape index (κ1) is 15.1. The molecule has 3 aromatic rings. The van der Waals surface area contributed by atoms with E-state index in [1.54, 1.807) is 23.5 Å². The summed E-state index contributed by atoms with van der Waals surface area (Å²) < 4.78 is 1.86. The molecule has 1 aliphatic rings. The van der Waals surface area contributed by atoms with Crippen LogP contribution in [0.4, 0.5) is 0 Å². The largest absolute Gasteiger partial charge is 0.282 e. The molecule has 0 aliphatic carbocycles. The van der Waals surface area contributed by atoms with Crippen LogP contribution < -0.4 is 5.56 Å². The van der Waals surface area contributed by atoms with Gasteiger partial charge in [0.15, 0.2) is 5.16 Å². The molecule has 0 saturated heterocycles. The second kappa shape index (κ2) is 6.23. The molecule has 2 aromatic carbocycles. The molecule has 2 heterocycles. The maximum atomic E-state index is 12.8. The summed E-state index contributed by atoms with van der Waals surface area (Å²) in [7, 11) is 0. The summed E-state index contributed by atoms with van der Waals surface area (Å²) in [6.07, 6.45) is 0. The summed E-state index contributed by atoms with van der Waals surface area (Å²) in [6.45, 7) is 0. The number of aromatic nitrogens is 2. The van der Waals surface area contributed by atoms with E-state index in [0.717, 1.165) is 32.1 Å². The fourth-order valence-electron chi connectivity index (χ4n) is 2.64. The Morgan fingerprint density at radius 1 is 1.22 bits per heavy atom. The lowest BCUT2D eigenvalue weighted by Crippen LogP contribution is -2.25. The predicted octanol–water partition coefficient (Wildman–Crippen LogP) is 4.49. The van der Waals surface area contributed by atoms with E-state index in [1.165, 1.54) is 0 Å². The molecule has 0 fully saturated rings. The lowest BCUT2D eigenvalue weighted by molar-refractivity contribution is 0.558. The third-order valence-electron chi connectivity index (χ3n) is 3.80. The number of benzene rings is 2. The topological polar surface area (TPSA) is 34.9 Å². The van der Waals surface area contributed by atoms with Crippen LogP contribution in [0.3, 0.4) is 0 Å². The van der Waals surface area contributed by atoms with E-state index >= 15 is 0 Å². The second-order valence-corrected chi connectivity index (χ2v) is 7.83. The Morgan fingerprint density at radius 2 is 2.00 bits per heavy atom. The number of fused-ring (bicyclic) bond motifs is 2. The quantitative estimate of drug-likeness (QED) is 0.509. The van der Waals surface area contributed by atoms with Crippen molar-refractivity contribution < 1.29 is 0 Å². The Kier molecular flexibility index (Phi) is 4.09. The van der Waals surface area contributed by atoms with E-state index in [9.17, 15) is 4.79 Å². The molecule has 1 aromatic heterocycles. The van der Waals surface area contributed by atoms with E-state index in [0.29, 0.717) is 5.39 Å². The van der Waals surface area contributed by atoms with Crippen LogP contribution in [-0.2, 0) is 0 Å². The van der Waals surface area contributed by atoms with Crippen LogP contribution in [0.1, 0.15) is 6.04 Å². The van der Waals surface area contributed by atoms with Crippen molar-refractivity contribution in [3.8, 4) is 0 Å². The number of thioether (sulfide) groups is 2. The van der Waals surface area contributed by atoms with Gasteiger partial charge in [-0.05, 0) is 36.4 Å². The highest BCUT2D eigenvalue weighted by Gasteiger charge is 2.26. The van der Waals surface area contributed by atoms with Crippen LogP contribution >= 0.6 is 35.1 Å². The normalized spacial score (nSPS) is 16.7. The molecule has 0 saturated carbocycles. The Labute approximate surface area is 147 Å². The number of rotatable bonds is 3. The molecule has 23 heavy (non-hydrogen) atoms. The van der Waals surface area contributed by atoms with Gasteiger partial charge in [-0.25, -0.2) is 4.98 Å². The number of nitrogens with zero attached hydrogens (tertiary/aromatic N) is 2. The maximum Gasteiger partial charge on any atom is 0.262 e. The van der Waals surface area contributed by atoms with Crippen molar-refractivity contribution in [1.29, 1.82) is 0 Å². The van der Waals surface area contributed by atoms with Crippen molar-refractivity contribution in [3.05, 3.63) is 63.9 Å². The van der Waals surface area contributed by atoms with Crippen LogP contribution in [-0.4, -0.2) is 21.1 Å². The Morgan fingerprint density at radius 3 is 2.83 bits per heavy atom. The van der Waals surface area contributed by atoms with Gasteiger partial charge >= 0.3 is 0 Å². The Bertz CT molecular complexity index is 924. The smallest absolute Gasteiger partial charge is 0.262 e. The Balaban J connectivity index is 1.63. The first-order chi connectivity index (χ1) is 11.2. The van der Waals surface area contributed by atoms with E-state index < -0.39 is 0 Å². The van der Waals surface area contributed by atoms with Crippen molar-refractivity contribution in [2.75, 3.05) is 11.5 Å². The summed E-state index contributed by atoms with van der Waals surface area (Å²) in [5, 5.41) is 2.26. The van der Waals surface area contributed by atoms with Gasteiger partial charge in [0.2, 0.25) is 0 Å². The predicted molar refractivity (Wildman–Crippen MR) is 97.9 cm³/mol. The van der Waals surface area contributed by atoms with E-state index in [-0.39, 0.29) is 11.6 Å². The van der Waals surface area contributed by atoms with Gasteiger partial charge in [-0.3, -0.25) is 9.36 Å². The summed E-state index contributed by atoms with van der Waals surface area (Å²) in [5.74, 6) is 1.74. The van der Waals surface area contributed by atoms with E-state index in [2.05, 4.69) is 4.98 Å². The van der Waals surface area contributed by atoms with Crippen LogP contribution in [0.25, 0.3) is 10.9 Å².